The van der Waals surface area contributed by atoms with Gasteiger partial charge in [-0.25, -0.2) is 0 Å². The predicted octanol–water partition coefficient (Wildman–Crippen LogP) is 13.8. The molecule has 0 bridgehead atoms. The van der Waals surface area contributed by atoms with Crippen molar-refractivity contribution >= 4 is 71.3 Å². The Balaban J connectivity index is 1.12. The number of rotatable bonds is 5. The van der Waals surface area contributed by atoms with Gasteiger partial charge in [-0.1, -0.05) is 133 Å². The number of para-hydroxylation sites is 1. The Morgan fingerprint density at radius 1 is 0.300 bits per heavy atom. The van der Waals surface area contributed by atoms with Crippen LogP contribution < -0.4 is 4.90 Å². The number of benzene rings is 9. The molecule has 1 heterocycles. The lowest BCUT2D eigenvalue weighted by atomic mass is 9.97. The Bertz CT molecular complexity index is 2870. The monoisotopic (exact) mass is 637 g/mol. The SMILES string of the molecule is c1ccc(-c2cccc(N(c3ccc(-c4ccc5cc6oc7ccccc7c6cc5c4)cc3)c3cc4ccccc4c4ccccc34)c2)cc1. The third-order valence-corrected chi connectivity index (χ3v) is 9.99. The van der Waals surface area contributed by atoms with Gasteiger partial charge in [-0.3, -0.25) is 0 Å². The lowest BCUT2D eigenvalue weighted by Gasteiger charge is -2.28. The number of furan rings is 1. The van der Waals surface area contributed by atoms with Gasteiger partial charge in [0.25, 0.3) is 0 Å². The van der Waals surface area contributed by atoms with E-state index in [4.69, 9.17) is 4.42 Å². The third kappa shape index (κ3) is 4.73. The molecule has 10 aromatic rings. The second kappa shape index (κ2) is 11.5. The van der Waals surface area contributed by atoms with Gasteiger partial charge in [0.15, 0.2) is 0 Å². The van der Waals surface area contributed by atoms with E-state index in [1.54, 1.807) is 0 Å². The van der Waals surface area contributed by atoms with Gasteiger partial charge in [-0.2, -0.15) is 0 Å². The van der Waals surface area contributed by atoms with Gasteiger partial charge < -0.3 is 9.32 Å². The van der Waals surface area contributed by atoms with E-state index >= 15 is 0 Å². The molecule has 0 N–H and O–H groups in total. The van der Waals surface area contributed by atoms with E-state index < -0.39 is 0 Å². The van der Waals surface area contributed by atoms with E-state index in [2.05, 4.69) is 181 Å². The zero-order valence-corrected chi connectivity index (χ0v) is 27.3. The zero-order chi connectivity index (χ0) is 33.0. The smallest absolute Gasteiger partial charge is 0.136 e. The zero-order valence-electron chi connectivity index (χ0n) is 27.3. The first-order chi connectivity index (χ1) is 24.8. The summed E-state index contributed by atoms with van der Waals surface area (Å²) in [4.78, 5) is 2.41. The molecule has 0 unspecified atom stereocenters. The Hall–Kier alpha value is -6.64. The van der Waals surface area contributed by atoms with Crippen LogP contribution in [0.4, 0.5) is 17.1 Å². The van der Waals surface area contributed by atoms with Crippen LogP contribution in [0.25, 0.3) is 76.5 Å². The minimum atomic E-state index is 0.923. The number of anilines is 3. The number of nitrogens with zero attached hydrogens (tertiary/aromatic N) is 1. The summed E-state index contributed by atoms with van der Waals surface area (Å²) in [6, 6.07) is 67.7. The fourth-order valence-corrected chi connectivity index (χ4v) is 7.55. The maximum absolute atomic E-state index is 6.16. The van der Waals surface area contributed by atoms with Crippen molar-refractivity contribution < 1.29 is 4.42 Å². The van der Waals surface area contributed by atoms with Crippen molar-refractivity contribution in [3.63, 3.8) is 0 Å². The predicted molar refractivity (Wildman–Crippen MR) is 212 cm³/mol. The molecule has 2 nitrogen and oxygen atoms in total. The Morgan fingerprint density at radius 2 is 0.960 bits per heavy atom. The molecule has 0 aliphatic rings. The summed E-state index contributed by atoms with van der Waals surface area (Å²) < 4.78 is 6.16. The van der Waals surface area contributed by atoms with Crippen LogP contribution in [0.3, 0.4) is 0 Å². The average Bonchev–Trinajstić information content (AvgIpc) is 3.55. The van der Waals surface area contributed by atoms with Crippen molar-refractivity contribution in [2.24, 2.45) is 0 Å². The van der Waals surface area contributed by atoms with E-state index in [1.807, 2.05) is 12.1 Å². The molecule has 0 spiro atoms. The highest BCUT2D eigenvalue weighted by atomic mass is 16.3. The molecule has 234 valence electrons. The average molecular weight is 638 g/mol. The molecule has 9 aromatic carbocycles. The Kier molecular flexibility index (Phi) is 6.53. The third-order valence-electron chi connectivity index (χ3n) is 9.99. The molecule has 0 saturated heterocycles. The Labute approximate surface area is 290 Å². The first-order valence-electron chi connectivity index (χ1n) is 17.1. The van der Waals surface area contributed by atoms with Gasteiger partial charge in [-0.15, -0.1) is 0 Å². The van der Waals surface area contributed by atoms with Crippen LogP contribution in [0.5, 0.6) is 0 Å². The fourth-order valence-electron chi connectivity index (χ4n) is 7.55. The number of hydrogen-bond donors (Lipinski definition) is 0. The van der Waals surface area contributed by atoms with Gasteiger partial charge in [-0.05, 0) is 104 Å². The molecular weight excluding hydrogens is 607 g/mol. The molecule has 0 aliphatic heterocycles. The van der Waals surface area contributed by atoms with Crippen LogP contribution in [-0.4, -0.2) is 0 Å². The lowest BCUT2D eigenvalue weighted by Crippen LogP contribution is -2.10. The quantitative estimate of drug-likeness (QED) is 0.175. The van der Waals surface area contributed by atoms with E-state index in [-0.39, 0.29) is 0 Å². The summed E-state index contributed by atoms with van der Waals surface area (Å²) in [5.74, 6) is 0. The lowest BCUT2D eigenvalue weighted by molar-refractivity contribution is 0.669. The molecule has 2 heteroatoms. The maximum atomic E-state index is 6.16. The molecule has 0 amide bonds. The maximum Gasteiger partial charge on any atom is 0.136 e. The van der Waals surface area contributed by atoms with Crippen molar-refractivity contribution in [2.45, 2.75) is 0 Å². The Morgan fingerprint density at radius 3 is 1.82 bits per heavy atom. The summed E-state index contributed by atoms with van der Waals surface area (Å²) >= 11 is 0. The second-order valence-corrected chi connectivity index (χ2v) is 13.0. The van der Waals surface area contributed by atoms with E-state index in [9.17, 15) is 0 Å². The van der Waals surface area contributed by atoms with Crippen LogP contribution in [0.2, 0.25) is 0 Å². The van der Waals surface area contributed by atoms with Crippen molar-refractivity contribution in [1.29, 1.82) is 0 Å². The van der Waals surface area contributed by atoms with Crippen molar-refractivity contribution in [1.82, 2.24) is 0 Å². The van der Waals surface area contributed by atoms with Crippen LogP contribution in [0.1, 0.15) is 0 Å². The number of hydrogen-bond acceptors (Lipinski definition) is 2. The van der Waals surface area contributed by atoms with Crippen molar-refractivity contribution in [3.8, 4) is 22.3 Å². The number of fused-ring (bicyclic) bond motifs is 7. The molecule has 0 aliphatic carbocycles. The fraction of sp³-hybridized carbons (Fsp3) is 0. The topological polar surface area (TPSA) is 16.4 Å². The van der Waals surface area contributed by atoms with E-state index in [0.717, 1.165) is 39.0 Å². The molecule has 0 saturated carbocycles. The summed E-state index contributed by atoms with van der Waals surface area (Å²) in [5.41, 5.74) is 9.96. The normalized spacial score (nSPS) is 11.6. The first kappa shape index (κ1) is 28.4. The van der Waals surface area contributed by atoms with Gasteiger partial charge in [0.2, 0.25) is 0 Å². The molecule has 10 rings (SSSR count). The second-order valence-electron chi connectivity index (χ2n) is 13.0. The molecule has 50 heavy (non-hydrogen) atoms. The van der Waals surface area contributed by atoms with Crippen LogP contribution in [-0.2, 0) is 0 Å². The van der Waals surface area contributed by atoms with Gasteiger partial charge in [0.05, 0.1) is 5.69 Å². The van der Waals surface area contributed by atoms with Crippen LogP contribution in [0.15, 0.2) is 192 Å². The molecule has 1 aromatic heterocycles. The highest BCUT2D eigenvalue weighted by molar-refractivity contribution is 6.15. The standard InChI is InChI=1S/C48H31NO/c1-2-11-32(12-3-1)34-14-10-15-40(28-34)49(46-30-37-13-4-5-16-41(37)42-17-6-7-18-43(42)46)39-25-23-33(24-26-39)35-21-22-36-31-48-45(29-38(36)27-35)44-19-8-9-20-47(44)50-48/h1-31H. The van der Waals surface area contributed by atoms with Crippen molar-refractivity contribution in [2.75, 3.05) is 4.90 Å². The largest absolute Gasteiger partial charge is 0.456 e. The molecule has 0 atom stereocenters. The summed E-state index contributed by atoms with van der Waals surface area (Å²) in [6.45, 7) is 0. The highest BCUT2D eigenvalue weighted by Gasteiger charge is 2.18. The van der Waals surface area contributed by atoms with E-state index in [1.165, 1.54) is 54.6 Å². The summed E-state index contributed by atoms with van der Waals surface area (Å²) in [6.07, 6.45) is 0. The van der Waals surface area contributed by atoms with E-state index in [0.29, 0.717) is 0 Å². The molecular formula is C48H31NO. The van der Waals surface area contributed by atoms with Crippen molar-refractivity contribution in [3.05, 3.63) is 188 Å². The molecule has 0 radical (unpaired) electrons. The summed E-state index contributed by atoms with van der Waals surface area (Å²) in [7, 11) is 0. The van der Waals surface area contributed by atoms with Crippen LogP contribution >= 0.6 is 0 Å². The minimum absolute atomic E-state index is 0.923. The van der Waals surface area contributed by atoms with Gasteiger partial charge in [0.1, 0.15) is 11.2 Å². The highest BCUT2D eigenvalue weighted by Crippen LogP contribution is 2.43. The van der Waals surface area contributed by atoms with Crippen LogP contribution in [0, 0.1) is 0 Å². The minimum Gasteiger partial charge on any atom is -0.456 e. The molecule has 0 fully saturated rings. The summed E-state index contributed by atoms with van der Waals surface area (Å²) in [5, 5.41) is 9.62. The van der Waals surface area contributed by atoms with Gasteiger partial charge in [0, 0.05) is 27.5 Å². The van der Waals surface area contributed by atoms with Gasteiger partial charge >= 0.3 is 0 Å². The first-order valence-corrected chi connectivity index (χ1v) is 17.1.